The van der Waals surface area contributed by atoms with E-state index >= 15 is 0 Å². The summed E-state index contributed by atoms with van der Waals surface area (Å²) in [6, 6.07) is 1.60. The lowest BCUT2D eigenvalue weighted by atomic mass is 9.85. The first-order valence-electron chi connectivity index (χ1n) is 8.52. The average molecular weight is 264 g/mol. The van der Waals surface area contributed by atoms with E-state index in [-0.39, 0.29) is 0 Å². The number of hydrogen-bond donors (Lipinski definition) is 1. The van der Waals surface area contributed by atoms with Gasteiger partial charge >= 0.3 is 0 Å². The third kappa shape index (κ3) is 2.58. The highest BCUT2D eigenvalue weighted by molar-refractivity contribution is 5.06. The summed E-state index contributed by atoms with van der Waals surface area (Å²) in [7, 11) is 0. The first-order valence-corrected chi connectivity index (χ1v) is 8.52. The zero-order valence-electron chi connectivity index (χ0n) is 13.3. The Morgan fingerprint density at radius 1 is 1.16 bits per heavy atom. The number of hydrogen-bond acceptors (Lipinski definition) is 2. The number of nitrogens with one attached hydrogen (secondary N) is 1. The molecule has 4 atom stereocenters. The second-order valence-electron chi connectivity index (χ2n) is 8.03. The Balaban J connectivity index is 1.77. The summed E-state index contributed by atoms with van der Waals surface area (Å²) in [5, 5.41) is 3.92. The van der Waals surface area contributed by atoms with Crippen LogP contribution in [0, 0.1) is 17.8 Å². The van der Waals surface area contributed by atoms with Crippen molar-refractivity contribution < 1.29 is 0 Å². The molecule has 0 spiro atoms. The molecule has 2 heteroatoms. The van der Waals surface area contributed by atoms with Crippen molar-refractivity contribution >= 4 is 0 Å². The topological polar surface area (TPSA) is 15.3 Å². The molecule has 2 saturated carbocycles. The molecule has 0 aromatic carbocycles. The minimum absolute atomic E-state index is 0.397. The van der Waals surface area contributed by atoms with Crippen LogP contribution in [0.25, 0.3) is 0 Å². The lowest BCUT2D eigenvalue weighted by Crippen LogP contribution is -2.67. The van der Waals surface area contributed by atoms with Gasteiger partial charge in [0.15, 0.2) is 0 Å². The van der Waals surface area contributed by atoms with Crippen molar-refractivity contribution in [2.45, 2.75) is 77.4 Å². The van der Waals surface area contributed by atoms with Crippen LogP contribution >= 0.6 is 0 Å². The Hall–Kier alpha value is -0.0800. The fraction of sp³-hybridized carbons (Fsp3) is 1.00. The Bertz CT molecular complexity index is 321. The molecule has 2 aliphatic carbocycles. The van der Waals surface area contributed by atoms with Gasteiger partial charge in [-0.2, -0.15) is 0 Å². The lowest BCUT2D eigenvalue weighted by molar-refractivity contribution is 0.00799. The van der Waals surface area contributed by atoms with Crippen molar-refractivity contribution in [2.75, 3.05) is 13.1 Å². The highest BCUT2D eigenvalue weighted by atomic mass is 15.3. The van der Waals surface area contributed by atoms with Gasteiger partial charge in [0.25, 0.3) is 0 Å². The summed E-state index contributed by atoms with van der Waals surface area (Å²) >= 11 is 0. The van der Waals surface area contributed by atoms with Gasteiger partial charge in [0.2, 0.25) is 0 Å². The molecule has 0 aromatic rings. The SMILES string of the molecule is CC(C)C1CNC(C)(C2CC2)CN1C1CCCC1C. The Morgan fingerprint density at radius 2 is 1.89 bits per heavy atom. The number of piperazine rings is 1. The van der Waals surface area contributed by atoms with Crippen molar-refractivity contribution in [1.82, 2.24) is 10.2 Å². The number of nitrogens with zero attached hydrogens (tertiary/aromatic N) is 1. The van der Waals surface area contributed by atoms with Crippen molar-refractivity contribution in [1.29, 1.82) is 0 Å². The molecular weight excluding hydrogens is 232 g/mol. The molecule has 110 valence electrons. The van der Waals surface area contributed by atoms with Gasteiger partial charge < -0.3 is 5.32 Å². The first kappa shape index (κ1) is 13.9. The molecule has 3 rings (SSSR count). The van der Waals surface area contributed by atoms with E-state index in [1.54, 1.807) is 0 Å². The van der Waals surface area contributed by atoms with Gasteiger partial charge in [0.1, 0.15) is 0 Å². The second kappa shape index (κ2) is 5.04. The maximum Gasteiger partial charge on any atom is 0.0309 e. The van der Waals surface area contributed by atoms with Gasteiger partial charge in [0.05, 0.1) is 0 Å². The normalized spacial score (nSPS) is 45.0. The van der Waals surface area contributed by atoms with Gasteiger partial charge in [-0.05, 0) is 50.4 Å². The molecule has 0 amide bonds. The summed E-state index contributed by atoms with van der Waals surface area (Å²) in [6.45, 7) is 12.3. The number of rotatable bonds is 3. The third-order valence-corrected chi connectivity index (χ3v) is 6.14. The monoisotopic (exact) mass is 264 g/mol. The highest BCUT2D eigenvalue weighted by Gasteiger charge is 2.48. The fourth-order valence-electron chi connectivity index (χ4n) is 4.60. The van der Waals surface area contributed by atoms with E-state index in [1.807, 2.05) is 0 Å². The average Bonchev–Trinajstić information content (AvgIpc) is 3.13. The van der Waals surface area contributed by atoms with Crippen LogP contribution in [0.15, 0.2) is 0 Å². The first-order chi connectivity index (χ1) is 9.01. The van der Waals surface area contributed by atoms with Crippen molar-refractivity contribution in [3.8, 4) is 0 Å². The second-order valence-corrected chi connectivity index (χ2v) is 8.03. The molecule has 3 aliphatic rings. The van der Waals surface area contributed by atoms with E-state index in [0.29, 0.717) is 5.54 Å². The van der Waals surface area contributed by atoms with E-state index in [0.717, 1.165) is 29.8 Å². The van der Waals surface area contributed by atoms with E-state index in [4.69, 9.17) is 0 Å². The summed E-state index contributed by atoms with van der Waals surface area (Å²) < 4.78 is 0. The van der Waals surface area contributed by atoms with Crippen LogP contribution in [0.4, 0.5) is 0 Å². The van der Waals surface area contributed by atoms with Crippen LogP contribution in [0.3, 0.4) is 0 Å². The molecule has 1 aliphatic heterocycles. The predicted octanol–water partition coefficient (Wildman–Crippen LogP) is 3.27. The van der Waals surface area contributed by atoms with Crippen LogP contribution in [-0.4, -0.2) is 35.6 Å². The Labute approximate surface area is 119 Å². The fourth-order valence-corrected chi connectivity index (χ4v) is 4.60. The van der Waals surface area contributed by atoms with E-state index < -0.39 is 0 Å². The molecule has 0 aromatic heterocycles. The highest BCUT2D eigenvalue weighted by Crippen LogP contribution is 2.43. The molecule has 0 bridgehead atoms. The molecule has 1 saturated heterocycles. The maximum atomic E-state index is 3.92. The summed E-state index contributed by atoms with van der Waals surface area (Å²) in [5.41, 5.74) is 0.397. The molecule has 4 unspecified atom stereocenters. The van der Waals surface area contributed by atoms with Crippen molar-refractivity contribution in [3.05, 3.63) is 0 Å². The zero-order valence-corrected chi connectivity index (χ0v) is 13.3. The van der Waals surface area contributed by atoms with Gasteiger partial charge in [-0.1, -0.05) is 27.2 Å². The van der Waals surface area contributed by atoms with Crippen LogP contribution < -0.4 is 5.32 Å². The van der Waals surface area contributed by atoms with E-state index in [1.165, 1.54) is 45.2 Å². The van der Waals surface area contributed by atoms with E-state index in [2.05, 4.69) is 37.9 Å². The molecule has 0 radical (unpaired) electrons. The Kier molecular flexibility index (Phi) is 3.68. The quantitative estimate of drug-likeness (QED) is 0.841. The molecule has 3 fully saturated rings. The van der Waals surface area contributed by atoms with Crippen LogP contribution in [0.5, 0.6) is 0 Å². The smallest absolute Gasteiger partial charge is 0.0309 e. The zero-order chi connectivity index (χ0) is 13.6. The minimum Gasteiger partial charge on any atom is -0.308 e. The lowest BCUT2D eigenvalue weighted by Gasteiger charge is -2.51. The van der Waals surface area contributed by atoms with Crippen molar-refractivity contribution in [2.24, 2.45) is 17.8 Å². The molecular formula is C17H32N2. The standard InChI is InChI=1S/C17H32N2/c1-12(2)16-10-18-17(4,14-8-9-14)11-19(16)15-7-5-6-13(15)3/h12-16,18H,5-11H2,1-4H3. The third-order valence-electron chi connectivity index (χ3n) is 6.14. The molecule has 1 heterocycles. The van der Waals surface area contributed by atoms with Crippen LogP contribution in [-0.2, 0) is 0 Å². The predicted molar refractivity (Wildman–Crippen MR) is 81.3 cm³/mol. The van der Waals surface area contributed by atoms with Gasteiger partial charge in [-0.25, -0.2) is 0 Å². The van der Waals surface area contributed by atoms with Crippen LogP contribution in [0.1, 0.15) is 59.8 Å². The molecule has 19 heavy (non-hydrogen) atoms. The van der Waals surface area contributed by atoms with E-state index in [9.17, 15) is 0 Å². The summed E-state index contributed by atoms with van der Waals surface area (Å²) in [5.74, 6) is 2.62. The largest absolute Gasteiger partial charge is 0.308 e. The Morgan fingerprint density at radius 3 is 2.42 bits per heavy atom. The molecule has 2 nitrogen and oxygen atoms in total. The van der Waals surface area contributed by atoms with Crippen molar-refractivity contribution in [3.63, 3.8) is 0 Å². The molecule has 1 N–H and O–H groups in total. The van der Waals surface area contributed by atoms with Gasteiger partial charge in [0, 0.05) is 30.7 Å². The van der Waals surface area contributed by atoms with Gasteiger partial charge in [-0.15, -0.1) is 0 Å². The minimum atomic E-state index is 0.397. The van der Waals surface area contributed by atoms with Gasteiger partial charge in [-0.3, -0.25) is 4.90 Å². The maximum absolute atomic E-state index is 3.92. The van der Waals surface area contributed by atoms with Crippen LogP contribution in [0.2, 0.25) is 0 Å². The summed E-state index contributed by atoms with van der Waals surface area (Å²) in [6.07, 6.45) is 7.22. The summed E-state index contributed by atoms with van der Waals surface area (Å²) in [4.78, 5) is 2.91.